The molecule has 0 unspecified atom stereocenters. The van der Waals surface area contributed by atoms with Crippen LogP contribution < -0.4 is 4.74 Å². The Morgan fingerprint density at radius 1 is 1.31 bits per heavy atom. The molecule has 1 amide bonds. The molecule has 2 atom stereocenters. The van der Waals surface area contributed by atoms with Crippen LogP contribution >= 0.6 is 0 Å². The number of hydrogen-bond acceptors (Lipinski definition) is 5. The van der Waals surface area contributed by atoms with Crippen molar-refractivity contribution in [2.75, 3.05) is 41.8 Å². The van der Waals surface area contributed by atoms with Gasteiger partial charge in [-0.05, 0) is 24.1 Å². The number of carbonyl (C=O) groups is 1. The van der Waals surface area contributed by atoms with Crippen molar-refractivity contribution < 1.29 is 30.9 Å². The van der Waals surface area contributed by atoms with Crippen LogP contribution in [0.15, 0.2) is 24.3 Å². The standard InChI is InChI=1S/C17H27N2O2.FHO3S/c1-18(2)17(20)16-11-14(12-19(16,3)4)10-13-6-8-15(21-5)9-7-13;1-5(2,3)4/h6-9,14,16H,10-12H2,1-5H3;(H,2,3,4)/q+1;/p-1/t14-,16+;/m0./s1. The lowest BCUT2D eigenvalue weighted by atomic mass is 9.96. The molecule has 0 aliphatic carbocycles. The quantitative estimate of drug-likeness (QED) is 0.438. The van der Waals surface area contributed by atoms with Crippen LogP contribution in [-0.4, -0.2) is 76.1 Å². The van der Waals surface area contributed by atoms with Crippen molar-refractivity contribution in [2.24, 2.45) is 5.92 Å². The van der Waals surface area contributed by atoms with Gasteiger partial charge in [0, 0.05) is 26.4 Å². The Bertz CT molecular complexity index is 696. The number of rotatable bonds is 4. The van der Waals surface area contributed by atoms with E-state index in [1.165, 1.54) is 5.56 Å². The fourth-order valence-corrected chi connectivity index (χ4v) is 3.41. The highest BCUT2D eigenvalue weighted by Crippen LogP contribution is 2.31. The molecule has 0 radical (unpaired) electrons. The summed E-state index contributed by atoms with van der Waals surface area (Å²) in [5, 5.41) is 0. The number of likely N-dealkylation sites (N-methyl/N-ethyl adjacent to an activating group) is 2. The zero-order valence-corrected chi connectivity index (χ0v) is 16.6. The van der Waals surface area contributed by atoms with Gasteiger partial charge in [-0.25, -0.2) is 8.42 Å². The van der Waals surface area contributed by atoms with E-state index in [4.69, 9.17) is 17.7 Å². The number of halogens is 1. The largest absolute Gasteiger partial charge is 0.722 e. The molecule has 7 nitrogen and oxygen atoms in total. The van der Waals surface area contributed by atoms with Gasteiger partial charge in [0.25, 0.3) is 16.4 Å². The van der Waals surface area contributed by atoms with E-state index in [-0.39, 0.29) is 11.9 Å². The van der Waals surface area contributed by atoms with E-state index >= 15 is 0 Å². The minimum absolute atomic E-state index is 0.0863. The maximum atomic E-state index is 12.3. The lowest BCUT2D eigenvalue weighted by Crippen LogP contribution is -2.51. The van der Waals surface area contributed by atoms with Gasteiger partial charge in [-0.2, -0.15) is 0 Å². The third-order valence-corrected chi connectivity index (χ3v) is 4.54. The van der Waals surface area contributed by atoms with Crippen LogP contribution in [0.4, 0.5) is 3.89 Å². The zero-order valence-electron chi connectivity index (χ0n) is 15.8. The fraction of sp³-hybridized carbons (Fsp3) is 0.588. The molecule has 1 heterocycles. The van der Waals surface area contributed by atoms with Gasteiger partial charge in [0.15, 0.2) is 6.04 Å². The average Bonchev–Trinajstić information content (AvgIpc) is 2.79. The highest BCUT2D eigenvalue weighted by atomic mass is 32.3. The lowest BCUT2D eigenvalue weighted by molar-refractivity contribution is -0.894. The van der Waals surface area contributed by atoms with Gasteiger partial charge < -0.3 is 18.7 Å². The first-order valence-corrected chi connectivity index (χ1v) is 9.46. The molecule has 0 aromatic heterocycles. The highest BCUT2D eigenvalue weighted by molar-refractivity contribution is 7.80. The Balaban J connectivity index is 0.000000597. The molecule has 1 aromatic rings. The minimum atomic E-state index is -5.42. The van der Waals surface area contributed by atoms with Crippen molar-refractivity contribution in [3.8, 4) is 5.75 Å². The number of carbonyl (C=O) groups excluding carboxylic acids is 1. The van der Waals surface area contributed by atoms with E-state index in [1.54, 1.807) is 12.0 Å². The van der Waals surface area contributed by atoms with Crippen LogP contribution in [0.3, 0.4) is 0 Å². The molecule has 0 N–H and O–H groups in total. The molecule has 1 aliphatic rings. The van der Waals surface area contributed by atoms with Gasteiger partial charge in [-0.3, -0.25) is 4.79 Å². The first-order chi connectivity index (χ1) is 11.8. The first-order valence-electron chi connectivity index (χ1n) is 8.15. The number of nitrogens with zero attached hydrogens (tertiary/aromatic N) is 2. The minimum Gasteiger partial charge on any atom is -0.722 e. The van der Waals surface area contributed by atoms with E-state index in [1.807, 2.05) is 26.2 Å². The molecule has 0 bridgehead atoms. The Kier molecular flexibility index (Phi) is 7.55. The van der Waals surface area contributed by atoms with Crippen molar-refractivity contribution in [3.63, 3.8) is 0 Å². The summed E-state index contributed by atoms with van der Waals surface area (Å²) in [5.74, 6) is 1.70. The molecule has 9 heteroatoms. The Morgan fingerprint density at radius 3 is 2.23 bits per heavy atom. The van der Waals surface area contributed by atoms with Gasteiger partial charge in [0.05, 0.1) is 27.7 Å². The summed E-state index contributed by atoms with van der Waals surface area (Å²) in [7, 11) is 4.29. The van der Waals surface area contributed by atoms with Gasteiger partial charge in [-0.15, -0.1) is 3.89 Å². The zero-order chi connectivity index (χ0) is 20.1. The highest BCUT2D eigenvalue weighted by Gasteiger charge is 2.45. The second-order valence-electron chi connectivity index (χ2n) is 7.26. The summed E-state index contributed by atoms with van der Waals surface area (Å²) < 4.78 is 41.3. The lowest BCUT2D eigenvalue weighted by Gasteiger charge is -2.32. The predicted molar refractivity (Wildman–Crippen MR) is 95.1 cm³/mol. The van der Waals surface area contributed by atoms with E-state index < -0.39 is 10.5 Å². The molecule has 148 valence electrons. The van der Waals surface area contributed by atoms with Crippen LogP contribution in [0.2, 0.25) is 0 Å². The molecule has 0 saturated carbocycles. The molecule has 1 aliphatic heterocycles. The average molecular weight is 390 g/mol. The Labute approximate surface area is 155 Å². The Hall–Kier alpha value is -1.71. The van der Waals surface area contributed by atoms with Crippen molar-refractivity contribution in [1.29, 1.82) is 0 Å². The maximum absolute atomic E-state index is 12.3. The summed E-state index contributed by atoms with van der Waals surface area (Å²) in [6.07, 6.45) is 2.00. The SMILES string of the molecule is COc1ccc(C[C@H]2C[C@H](C(=O)N(C)C)[N+](C)(C)C2)cc1.O=S(=O)([O-])F. The van der Waals surface area contributed by atoms with Gasteiger partial charge in [-0.1, -0.05) is 12.1 Å². The number of hydrogen-bond donors (Lipinski definition) is 0. The van der Waals surface area contributed by atoms with Crippen molar-refractivity contribution in [3.05, 3.63) is 29.8 Å². The third kappa shape index (κ3) is 7.27. The summed E-state index contributed by atoms with van der Waals surface area (Å²) in [4.78, 5) is 14.1. The second kappa shape index (κ2) is 8.79. The molecular weight excluding hydrogens is 363 g/mol. The van der Waals surface area contributed by atoms with Crippen molar-refractivity contribution >= 4 is 16.4 Å². The first kappa shape index (κ1) is 22.3. The molecule has 1 aromatic carbocycles. The van der Waals surface area contributed by atoms with Gasteiger partial charge >= 0.3 is 0 Å². The summed E-state index contributed by atoms with van der Waals surface area (Å²) in [6.45, 7) is 1.05. The maximum Gasteiger partial charge on any atom is 0.280 e. The predicted octanol–water partition coefficient (Wildman–Crippen LogP) is 1.21. The van der Waals surface area contributed by atoms with Crippen LogP contribution in [0.5, 0.6) is 5.75 Å². The number of likely N-dealkylation sites (tertiary alicyclic amines) is 1. The number of ether oxygens (including phenoxy) is 1. The fourth-order valence-electron chi connectivity index (χ4n) is 3.41. The molecule has 1 fully saturated rings. The molecule has 1 saturated heterocycles. The molecule has 26 heavy (non-hydrogen) atoms. The number of benzene rings is 1. The van der Waals surface area contributed by atoms with Crippen LogP contribution in [0.1, 0.15) is 12.0 Å². The summed E-state index contributed by atoms with van der Waals surface area (Å²) >= 11 is 0. The van der Waals surface area contributed by atoms with Crippen molar-refractivity contribution in [2.45, 2.75) is 18.9 Å². The van der Waals surface area contributed by atoms with Crippen molar-refractivity contribution in [1.82, 2.24) is 4.90 Å². The monoisotopic (exact) mass is 390 g/mol. The normalized spacial score (nSPS) is 21.5. The van der Waals surface area contributed by atoms with Crippen LogP contribution in [0.25, 0.3) is 0 Å². The number of methoxy groups -OCH3 is 1. The van der Waals surface area contributed by atoms with Gasteiger partial charge in [0.1, 0.15) is 5.75 Å². The van der Waals surface area contributed by atoms with E-state index in [0.29, 0.717) is 5.92 Å². The number of amides is 1. The summed E-state index contributed by atoms with van der Waals surface area (Å²) in [6, 6.07) is 8.35. The van der Waals surface area contributed by atoms with E-state index in [0.717, 1.165) is 29.6 Å². The second-order valence-corrected chi connectivity index (χ2v) is 8.04. The molecule has 0 spiro atoms. The molecule has 2 rings (SSSR count). The van der Waals surface area contributed by atoms with Gasteiger partial charge in [0.2, 0.25) is 0 Å². The van der Waals surface area contributed by atoms with E-state index in [9.17, 15) is 8.68 Å². The van der Waals surface area contributed by atoms with E-state index in [2.05, 4.69) is 26.2 Å². The Morgan fingerprint density at radius 2 is 1.81 bits per heavy atom. The number of quaternary nitrogens is 1. The molecular formula is C17H27FN2O5S. The smallest absolute Gasteiger partial charge is 0.280 e. The van der Waals surface area contributed by atoms with Crippen LogP contribution in [-0.2, 0) is 21.7 Å². The van der Waals surface area contributed by atoms with Crippen LogP contribution in [0, 0.1) is 5.92 Å². The summed E-state index contributed by atoms with van der Waals surface area (Å²) in [5.41, 5.74) is 1.32. The third-order valence-electron chi connectivity index (χ3n) is 4.54. The topological polar surface area (TPSA) is 86.7 Å².